The van der Waals surface area contributed by atoms with Crippen molar-refractivity contribution in [3.8, 4) is 0 Å². The van der Waals surface area contributed by atoms with E-state index in [1.54, 1.807) is 4.90 Å². The van der Waals surface area contributed by atoms with E-state index in [4.69, 9.17) is 9.90 Å². The van der Waals surface area contributed by atoms with Gasteiger partial charge in [-0.05, 0) is 45.5 Å². The van der Waals surface area contributed by atoms with E-state index in [9.17, 15) is 14.7 Å². The lowest BCUT2D eigenvalue weighted by molar-refractivity contribution is -0.148. The summed E-state index contributed by atoms with van der Waals surface area (Å²) >= 11 is 0. The first-order chi connectivity index (χ1) is 14.1. The van der Waals surface area contributed by atoms with Crippen LogP contribution in [0.25, 0.3) is 10.9 Å². The molecular formula is C22H27N3O5. The summed E-state index contributed by atoms with van der Waals surface area (Å²) in [5, 5.41) is 17.6. The molecule has 1 aromatic heterocycles. The van der Waals surface area contributed by atoms with Crippen molar-refractivity contribution in [1.82, 2.24) is 14.8 Å². The van der Waals surface area contributed by atoms with Gasteiger partial charge in [0, 0.05) is 43.2 Å². The van der Waals surface area contributed by atoms with Crippen molar-refractivity contribution in [3.63, 3.8) is 0 Å². The quantitative estimate of drug-likeness (QED) is 0.724. The van der Waals surface area contributed by atoms with Gasteiger partial charge in [0.15, 0.2) is 0 Å². The summed E-state index contributed by atoms with van der Waals surface area (Å²) in [4.78, 5) is 42.4. The smallest absolute Gasteiger partial charge is 0.313 e. The van der Waals surface area contributed by atoms with E-state index in [2.05, 4.69) is 9.88 Å². The number of aliphatic carboxylic acids is 1. The summed E-state index contributed by atoms with van der Waals surface area (Å²) in [7, 11) is 1.95. The Labute approximate surface area is 175 Å². The maximum absolute atomic E-state index is 13.5. The summed E-state index contributed by atoms with van der Waals surface area (Å²) in [6.07, 6.45) is 0. The van der Waals surface area contributed by atoms with Gasteiger partial charge in [-0.1, -0.05) is 11.6 Å². The molecule has 0 saturated carbocycles. The normalized spacial score (nSPS) is 23.1. The highest BCUT2D eigenvalue weighted by Crippen LogP contribution is 2.43. The number of aromatic nitrogens is 1. The molecule has 2 N–H and O–H groups in total. The maximum atomic E-state index is 13.5. The van der Waals surface area contributed by atoms with Gasteiger partial charge in [-0.15, -0.1) is 0 Å². The Balaban J connectivity index is 0.000000806. The predicted molar refractivity (Wildman–Crippen MR) is 112 cm³/mol. The Morgan fingerprint density at radius 3 is 2.47 bits per heavy atom. The summed E-state index contributed by atoms with van der Waals surface area (Å²) in [6.45, 7) is 7.55. The zero-order valence-corrected chi connectivity index (χ0v) is 17.7. The van der Waals surface area contributed by atoms with Crippen LogP contribution in [0, 0.1) is 32.1 Å². The van der Waals surface area contributed by atoms with Crippen LogP contribution < -0.4 is 0 Å². The van der Waals surface area contributed by atoms with Crippen molar-refractivity contribution in [3.05, 3.63) is 40.6 Å². The molecule has 3 heterocycles. The third-order valence-electron chi connectivity index (χ3n) is 6.33. The Hall–Kier alpha value is -3.00. The second-order valence-corrected chi connectivity index (χ2v) is 8.36. The molecule has 4 rings (SSSR count). The summed E-state index contributed by atoms with van der Waals surface area (Å²) in [5.74, 6) is -0.901. The van der Waals surface area contributed by atoms with Crippen LogP contribution >= 0.6 is 0 Å². The summed E-state index contributed by atoms with van der Waals surface area (Å²) in [5.41, 5.74) is 3.39. The molecule has 160 valence electrons. The van der Waals surface area contributed by atoms with E-state index in [-0.39, 0.29) is 24.8 Å². The lowest BCUT2D eigenvalue weighted by Crippen LogP contribution is -2.41. The van der Waals surface area contributed by atoms with Gasteiger partial charge in [0.25, 0.3) is 12.4 Å². The fourth-order valence-corrected chi connectivity index (χ4v) is 4.80. The Bertz CT molecular complexity index is 1020. The van der Waals surface area contributed by atoms with Crippen LogP contribution in [-0.4, -0.2) is 76.6 Å². The SMILES string of the molecule is Cc1ccc2nc(C)c(C)c(C(=O)N3C[C@@H]4CN(C)C[C@]4(C(=O)O)C3)c2c1.O=CO. The largest absolute Gasteiger partial charge is 0.483 e. The number of aryl methyl sites for hydroxylation is 2. The third-order valence-corrected chi connectivity index (χ3v) is 6.33. The van der Waals surface area contributed by atoms with Gasteiger partial charge >= 0.3 is 5.97 Å². The number of carbonyl (C=O) groups is 3. The second kappa shape index (κ2) is 8.02. The van der Waals surface area contributed by atoms with E-state index < -0.39 is 11.4 Å². The molecule has 0 unspecified atom stereocenters. The number of carboxylic acid groups (broad SMARTS) is 2. The number of likely N-dealkylation sites (tertiary alicyclic amines) is 2. The number of amides is 1. The van der Waals surface area contributed by atoms with Crippen LogP contribution in [0.2, 0.25) is 0 Å². The highest BCUT2D eigenvalue weighted by atomic mass is 16.4. The lowest BCUT2D eigenvalue weighted by Gasteiger charge is -2.25. The number of benzene rings is 1. The van der Waals surface area contributed by atoms with Gasteiger partial charge in [-0.25, -0.2) is 0 Å². The van der Waals surface area contributed by atoms with Crippen LogP contribution in [0.1, 0.15) is 27.2 Å². The minimum absolute atomic E-state index is 0.0276. The van der Waals surface area contributed by atoms with E-state index in [0.717, 1.165) is 27.7 Å². The van der Waals surface area contributed by atoms with Gasteiger partial charge in [0.05, 0.1) is 11.1 Å². The lowest BCUT2D eigenvalue weighted by atomic mass is 9.81. The monoisotopic (exact) mass is 413 g/mol. The Morgan fingerprint density at radius 2 is 1.87 bits per heavy atom. The van der Waals surface area contributed by atoms with Crippen molar-refractivity contribution in [2.24, 2.45) is 11.3 Å². The highest BCUT2D eigenvalue weighted by Gasteiger charge is 2.57. The molecule has 1 aromatic carbocycles. The first-order valence-electron chi connectivity index (χ1n) is 9.81. The fourth-order valence-electron chi connectivity index (χ4n) is 4.80. The third kappa shape index (κ3) is 3.52. The van der Waals surface area contributed by atoms with Gasteiger partial charge in [0.2, 0.25) is 0 Å². The van der Waals surface area contributed by atoms with Crippen molar-refractivity contribution in [1.29, 1.82) is 0 Å². The minimum atomic E-state index is -0.855. The molecule has 2 atom stereocenters. The number of hydrogen-bond donors (Lipinski definition) is 2. The van der Waals surface area contributed by atoms with E-state index >= 15 is 0 Å². The molecule has 2 aliphatic rings. The molecule has 2 fully saturated rings. The van der Waals surface area contributed by atoms with Crippen molar-refractivity contribution < 1.29 is 24.6 Å². The molecule has 0 radical (unpaired) electrons. The average Bonchev–Trinajstić information content (AvgIpc) is 3.17. The average molecular weight is 413 g/mol. The number of pyridine rings is 1. The number of carboxylic acids is 1. The molecule has 2 aliphatic heterocycles. The molecule has 8 heteroatoms. The molecular weight excluding hydrogens is 386 g/mol. The van der Waals surface area contributed by atoms with Gasteiger partial charge in [0.1, 0.15) is 5.41 Å². The molecule has 0 bridgehead atoms. The zero-order chi connectivity index (χ0) is 22.2. The molecule has 0 aliphatic carbocycles. The first-order valence-corrected chi connectivity index (χ1v) is 9.81. The van der Waals surface area contributed by atoms with Crippen molar-refractivity contribution in [2.75, 3.05) is 33.2 Å². The zero-order valence-electron chi connectivity index (χ0n) is 17.7. The number of hydrogen-bond acceptors (Lipinski definition) is 5. The number of fused-ring (bicyclic) bond motifs is 2. The highest BCUT2D eigenvalue weighted by molar-refractivity contribution is 6.08. The minimum Gasteiger partial charge on any atom is -0.483 e. The predicted octanol–water partition coefficient (Wildman–Crippen LogP) is 1.95. The molecule has 0 spiro atoms. The second-order valence-electron chi connectivity index (χ2n) is 8.36. The van der Waals surface area contributed by atoms with Gasteiger partial charge in [-0.3, -0.25) is 19.4 Å². The van der Waals surface area contributed by atoms with Crippen LogP contribution in [0.15, 0.2) is 18.2 Å². The topological polar surface area (TPSA) is 111 Å². The van der Waals surface area contributed by atoms with E-state index in [1.807, 2.05) is 46.0 Å². The van der Waals surface area contributed by atoms with Crippen LogP contribution in [0.5, 0.6) is 0 Å². The van der Waals surface area contributed by atoms with Crippen LogP contribution in [0.3, 0.4) is 0 Å². The van der Waals surface area contributed by atoms with Crippen LogP contribution in [0.4, 0.5) is 0 Å². The van der Waals surface area contributed by atoms with Crippen molar-refractivity contribution >= 4 is 29.3 Å². The molecule has 30 heavy (non-hydrogen) atoms. The Morgan fingerprint density at radius 1 is 1.20 bits per heavy atom. The number of nitrogens with zero attached hydrogens (tertiary/aromatic N) is 3. The molecule has 2 aromatic rings. The van der Waals surface area contributed by atoms with Crippen LogP contribution in [-0.2, 0) is 9.59 Å². The molecule has 2 saturated heterocycles. The number of rotatable bonds is 2. The fraction of sp³-hybridized carbons (Fsp3) is 0.455. The summed E-state index contributed by atoms with van der Waals surface area (Å²) < 4.78 is 0. The standard InChI is InChI=1S/C21H25N3O3.CH2O2/c1-12-5-6-17-16(7-12)18(13(2)14(3)22-17)19(25)24-9-15-8-23(4)10-21(15,11-24)20(26)27;2-1-3/h5-7,15H,8-11H2,1-4H3,(H,26,27);1H,(H,2,3)/t15-,21-;/m0./s1. The van der Waals surface area contributed by atoms with Gasteiger partial charge < -0.3 is 20.0 Å². The first kappa shape index (κ1) is 21.7. The molecule has 1 amide bonds. The Kier molecular flexibility index (Phi) is 5.81. The van der Waals surface area contributed by atoms with E-state index in [1.165, 1.54) is 0 Å². The maximum Gasteiger partial charge on any atom is 0.313 e. The van der Waals surface area contributed by atoms with E-state index in [0.29, 0.717) is 25.2 Å². The van der Waals surface area contributed by atoms with Crippen molar-refractivity contribution in [2.45, 2.75) is 20.8 Å². The van der Waals surface area contributed by atoms with Gasteiger partial charge in [-0.2, -0.15) is 0 Å². The molecule has 8 nitrogen and oxygen atoms in total. The number of carbonyl (C=O) groups excluding carboxylic acids is 1. The summed E-state index contributed by atoms with van der Waals surface area (Å²) in [6, 6.07) is 5.94.